The summed E-state index contributed by atoms with van der Waals surface area (Å²) in [6.45, 7) is 1.27. The summed E-state index contributed by atoms with van der Waals surface area (Å²) in [6, 6.07) is 2.25. The summed E-state index contributed by atoms with van der Waals surface area (Å²) in [5.41, 5.74) is 2.06. The Kier molecular flexibility index (Phi) is 4.82. The van der Waals surface area contributed by atoms with Gasteiger partial charge in [-0.3, -0.25) is 4.79 Å². The summed E-state index contributed by atoms with van der Waals surface area (Å²) in [5.74, 6) is 0.305. The fourth-order valence-electron chi connectivity index (χ4n) is 3.85. The van der Waals surface area contributed by atoms with Crippen LogP contribution in [0, 0.1) is 17.2 Å². The number of esters is 1. The first-order valence-corrected chi connectivity index (χ1v) is 8.51. The zero-order chi connectivity index (χ0) is 15.4. The highest BCUT2D eigenvalue weighted by Gasteiger charge is 2.29. The number of nitriles is 1. The van der Waals surface area contributed by atoms with Crippen molar-refractivity contribution in [2.24, 2.45) is 5.92 Å². The number of likely N-dealkylation sites (tertiary alicyclic amines) is 1. The van der Waals surface area contributed by atoms with Gasteiger partial charge in [0.1, 0.15) is 12.6 Å². The van der Waals surface area contributed by atoms with Gasteiger partial charge in [0.2, 0.25) is 0 Å². The molecule has 0 N–H and O–H groups in total. The van der Waals surface area contributed by atoms with Crippen LogP contribution >= 0.6 is 0 Å². The number of rotatable bonds is 3. The van der Waals surface area contributed by atoms with Crippen molar-refractivity contribution < 1.29 is 9.53 Å². The van der Waals surface area contributed by atoms with E-state index in [0.29, 0.717) is 12.5 Å². The molecule has 1 saturated carbocycles. The van der Waals surface area contributed by atoms with Gasteiger partial charge in [0.15, 0.2) is 0 Å². The van der Waals surface area contributed by atoms with Crippen molar-refractivity contribution in [2.75, 3.05) is 13.1 Å². The van der Waals surface area contributed by atoms with Crippen LogP contribution in [0.25, 0.3) is 0 Å². The van der Waals surface area contributed by atoms with E-state index in [1.807, 2.05) is 12.2 Å². The highest BCUT2D eigenvalue weighted by Crippen LogP contribution is 2.34. The minimum atomic E-state index is -0.0940. The molecule has 1 saturated heterocycles. The topological polar surface area (TPSA) is 53.3 Å². The second kappa shape index (κ2) is 7.00. The number of fused-ring (bicyclic) bond motifs is 1. The summed E-state index contributed by atoms with van der Waals surface area (Å²) < 4.78 is 5.64. The van der Waals surface area contributed by atoms with E-state index in [-0.39, 0.29) is 12.1 Å². The normalized spacial score (nSPS) is 25.6. The lowest BCUT2D eigenvalue weighted by Gasteiger charge is -2.38. The molecule has 4 heteroatoms. The van der Waals surface area contributed by atoms with Crippen LogP contribution < -0.4 is 0 Å². The number of hydrogen-bond donors (Lipinski definition) is 0. The minimum Gasteiger partial charge on any atom is -0.461 e. The van der Waals surface area contributed by atoms with Gasteiger partial charge in [-0.05, 0) is 57.1 Å². The molecule has 3 aliphatic rings. The van der Waals surface area contributed by atoms with Gasteiger partial charge in [-0.15, -0.1) is 0 Å². The molecule has 1 heterocycles. The summed E-state index contributed by atoms with van der Waals surface area (Å²) in [7, 11) is 0. The molecule has 0 aromatic rings. The molecule has 2 fully saturated rings. The fourth-order valence-corrected chi connectivity index (χ4v) is 3.85. The van der Waals surface area contributed by atoms with E-state index in [4.69, 9.17) is 10.00 Å². The van der Waals surface area contributed by atoms with Crippen LogP contribution in [0.3, 0.4) is 0 Å². The Bertz CT molecular complexity index is 524. The Labute approximate surface area is 132 Å². The Morgan fingerprint density at radius 2 is 2.05 bits per heavy atom. The molecule has 0 amide bonds. The first-order valence-electron chi connectivity index (χ1n) is 8.51. The maximum Gasteiger partial charge on any atom is 0.325 e. The van der Waals surface area contributed by atoms with Gasteiger partial charge in [-0.1, -0.05) is 6.42 Å². The van der Waals surface area contributed by atoms with Crippen LogP contribution in [0.4, 0.5) is 0 Å². The third-order valence-electron chi connectivity index (χ3n) is 5.00. The number of hydrogen-bond acceptors (Lipinski definition) is 4. The van der Waals surface area contributed by atoms with Gasteiger partial charge < -0.3 is 9.64 Å². The molecular weight excluding hydrogens is 276 g/mol. The third kappa shape index (κ3) is 3.52. The van der Waals surface area contributed by atoms with Crippen LogP contribution in [-0.2, 0) is 9.53 Å². The second-order valence-corrected chi connectivity index (χ2v) is 6.61. The summed E-state index contributed by atoms with van der Waals surface area (Å²) in [5, 5.41) is 9.04. The smallest absolute Gasteiger partial charge is 0.325 e. The fraction of sp³-hybridized carbons (Fsp3) is 0.667. The van der Waals surface area contributed by atoms with Crippen molar-refractivity contribution >= 4 is 5.97 Å². The number of ether oxygens (including phenoxy) is 1. The summed E-state index contributed by atoms with van der Waals surface area (Å²) >= 11 is 0. The number of carbonyl (C=O) groups is 1. The van der Waals surface area contributed by atoms with E-state index >= 15 is 0 Å². The molecule has 0 spiro atoms. The van der Waals surface area contributed by atoms with Crippen molar-refractivity contribution in [1.29, 1.82) is 5.26 Å². The van der Waals surface area contributed by atoms with E-state index in [9.17, 15) is 4.79 Å². The molecule has 1 atom stereocenters. The van der Waals surface area contributed by atoms with Crippen LogP contribution in [0.15, 0.2) is 23.4 Å². The Balaban J connectivity index is 1.59. The van der Waals surface area contributed by atoms with Crippen LogP contribution in [-0.4, -0.2) is 30.1 Å². The first-order chi connectivity index (χ1) is 10.8. The zero-order valence-corrected chi connectivity index (χ0v) is 13.1. The monoisotopic (exact) mass is 300 g/mol. The van der Waals surface area contributed by atoms with Crippen molar-refractivity contribution in [3.8, 4) is 6.07 Å². The standard InChI is InChI=1S/C18H24N2O2/c19-12-14-8-9-17-15(11-14)5-4-10-20(17)13-18(21)22-16-6-2-1-3-7-16/h8-9,15-16H,1-7,10-11,13H2. The first kappa shape index (κ1) is 15.1. The zero-order valence-electron chi connectivity index (χ0n) is 13.1. The van der Waals surface area contributed by atoms with Crippen molar-refractivity contribution in [1.82, 2.24) is 4.90 Å². The third-order valence-corrected chi connectivity index (χ3v) is 5.00. The predicted octanol–water partition coefficient (Wildman–Crippen LogP) is 3.31. The van der Waals surface area contributed by atoms with Gasteiger partial charge >= 0.3 is 5.97 Å². The molecule has 1 unspecified atom stereocenters. The average molecular weight is 300 g/mol. The van der Waals surface area contributed by atoms with Crippen molar-refractivity contribution in [3.63, 3.8) is 0 Å². The van der Waals surface area contributed by atoms with E-state index in [1.165, 1.54) is 25.0 Å². The SMILES string of the molecule is N#CC1=CC=C2C(CCCN2CC(=O)OC2CCCCC2)C1. The van der Waals surface area contributed by atoms with E-state index in [1.54, 1.807) is 0 Å². The number of nitrogens with zero attached hydrogens (tertiary/aromatic N) is 2. The molecule has 0 bridgehead atoms. The van der Waals surface area contributed by atoms with Crippen LogP contribution in [0.5, 0.6) is 0 Å². The number of carbonyl (C=O) groups excluding carboxylic acids is 1. The van der Waals surface area contributed by atoms with Gasteiger partial charge in [-0.2, -0.15) is 5.26 Å². The molecule has 1 aliphatic heterocycles. The van der Waals surface area contributed by atoms with Gasteiger partial charge in [0, 0.05) is 23.7 Å². The van der Waals surface area contributed by atoms with Crippen molar-refractivity contribution in [3.05, 3.63) is 23.4 Å². The second-order valence-electron chi connectivity index (χ2n) is 6.61. The molecule has 0 aromatic carbocycles. The molecule has 0 radical (unpaired) electrons. The van der Waals surface area contributed by atoms with E-state index in [2.05, 4.69) is 11.0 Å². The lowest BCUT2D eigenvalue weighted by molar-refractivity contribution is -0.151. The summed E-state index contributed by atoms with van der Waals surface area (Å²) in [4.78, 5) is 14.4. The van der Waals surface area contributed by atoms with E-state index < -0.39 is 0 Å². The molecule has 118 valence electrons. The molecule has 2 aliphatic carbocycles. The maximum atomic E-state index is 12.2. The molecular formula is C18H24N2O2. The van der Waals surface area contributed by atoms with Crippen LogP contribution in [0.2, 0.25) is 0 Å². The minimum absolute atomic E-state index is 0.0940. The molecule has 22 heavy (non-hydrogen) atoms. The molecule has 0 aromatic heterocycles. The predicted molar refractivity (Wildman–Crippen MR) is 83.7 cm³/mol. The Hall–Kier alpha value is -1.76. The van der Waals surface area contributed by atoms with E-state index in [0.717, 1.165) is 44.2 Å². The highest BCUT2D eigenvalue weighted by atomic mass is 16.5. The lowest BCUT2D eigenvalue weighted by atomic mass is 9.84. The molecule has 4 nitrogen and oxygen atoms in total. The van der Waals surface area contributed by atoms with Gasteiger partial charge in [-0.25, -0.2) is 0 Å². The van der Waals surface area contributed by atoms with Crippen LogP contribution in [0.1, 0.15) is 51.4 Å². The highest BCUT2D eigenvalue weighted by molar-refractivity contribution is 5.72. The van der Waals surface area contributed by atoms with Crippen molar-refractivity contribution in [2.45, 2.75) is 57.5 Å². The largest absolute Gasteiger partial charge is 0.461 e. The number of piperidine rings is 1. The molecule has 3 rings (SSSR count). The summed E-state index contributed by atoms with van der Waals surface area (Å²) in [6.07, 6.45) is 12.7. The van der Waals surface area contributed by atoms with Gasteiger partial charge in [0.25, 0.3) is 0 Å². The Morgan fingerprint density at radius 1 is 1.23 bits per heavy atom. The quantitative estimate of drug-likeness (QED) is 0.750. The lowest BCUT2D eigenvalue weighted by Crippen LogP contribution is -2.39. The maximum absolute atomic E-state index is 12.2. The Morgan fingerprint density at radius 3 is 2.82 bits per heavy atom. The average Bonchev–Trinajstić information content (AvgIpc) is 2.55. The number of allylic oxidation sites excluding steroid dienone is 4. The van der Waals surface area contributed by atoms with Gasteiger partial charge in [0.05, 0.1) is 6.07 Å².